The van der Waals surface area contributed by atoms with Gasteiger partial charge in [0.15, 0.2) is 0 Å². The van der Waals surface area contributed by atoms with Crippen molar-refractivity contribution in [3.63, 3.8) is 0 Å². The van der Waals surface area contributed by atoms with Crippen molar-refractivity contribution in [1.82, 2.24) is 9.78 Å². The number of rotatable bonds is 1. The fourth-order valence-electron chi connectivity index (χ4n) is 2.53. The van der Waals surface area contributed by atoms with E-state index in [0.717, 1.165) is 0 Å². The molecule has 5 nitrogen and oxygen atoms in total. The van der Waals surface area contributed by atoms with Crippen molar-refractivity contribution in [3.05, 3.63) is 56.5 Å². The molecule has 1 aliphatic rings. The largest absolute Gasteiger partial charge is 0.369 e. The number of aromatic nitrogens is 2. The van der Waals surface area contributed by atoms with Crippen molar-refractivity contribution in [2.24, 2.45) is 0 Å². The van der Waals surface area contributed by atoms with Gasteiger partial charge in [0.25, 0.3) is 5.56 Å². The summed E-state index contributed by atoms with van der Waals surface area (Å²) in [5.41, 5.74) is 1.20. The number of hydrogen-bond acceptors (Lipinski definition) is 4. The number of hydrogen-bond donors (Lipinski definition) is 0. The predicted molar refractivity (Wildman–Crippen MR) is 82.1 cm³/mol. The summed E-state index contributed by atoms with van der Waals surface area (Å²) in [5.74, 6) is 0. The fourth-order valence-corrected chi connectivity index (χ4v) is 2.65. The van der Waals surface area contributed by atoms with E-state index in [2.05, 4.69) is 5.10 Å². The lowest BCUT2D eigenvalue weighted by Gasteiger charge is -2.31. The second kappa shape index (κ2) is 5.24. The van der Waals surface area contributed by atoms with Gasteiger partial charge in [-0.3, -0.25) is 4.79 Å². The molecular formula is C16H14ClN3O2. The molecule has 1 aliphatic heterocycles. The molecule has 1 aromatic heterocycles. The Balaban J connectivity index is 2.22. The minimum Gasteiger partial charge on any atom is -0.369 e. The van der Waals surface area contributed by atoms with Gasteiger partial charge in [0.1, 0.15) is 11.6 Å². The van der Waals surface area contributed by atoms with Crippen LogP contribution in [0.1, 0.15) is 30.7 Å². The van der Waals surface area contributed by atoms with Gasteiger partial charge in [0, 0.05) is 17.0 Å². The smallest absolute Gasteiger partial charge is 0.289 e. The lowest BCUT2D eigenvalue weighted by atomic mass is 9.92. The highest BCUT2D eigenvalue weighted by Crippen LogP contribution is 2.27. The van der Waals surface area contributed by atoms with Crippen molar-refractivity contribution in [3.8, 4) is 11.8 Å². The molecule has 0 fully saturated rings. The summed E-state index contributed by atoms with van der Waals surface area (Å²) in [5, 5.41) is 14.3. The standard InChI is InChI=1S/C16H14ClN3O2/c1-16(2)7-12-13(8-18)15(21)20(19-14(12)9-22-16)11-5-3-10(17)4-6-11/h3-6H,7,9H2,1-2H3. The monoisotopic (exact) mass is 315 g/mol. The van der Waals surface area contributed by atoms with E-state index in [-0.39, 0.29) is 12.2 Å². The van der Waals surface area contributed by atoms with Gasteiger partial charge in [-0.2, -0.15) is 15.0 Å². The number of ether oxygens (including phenoxy) is 1. The second-order valence-corrected chi connectivity index (χ2v) is 6.27. The Bertz CT molecular complexity index is 832. The minimum atomic E-state index is -0.415. The molecule has 0 spiro atoms. The van der Waals surface area contributed by atoms with E-state index in [1.54, 1.807) is 24.3 Å². The zero-order valence-electron chi connectivity index (χ0n) is 12.3. The summed E-state index contributed by atoms with van der Waals surface area (Å²) in [4.78, 5) is 12.6. The number of nitrogens with zero attached hydrogens (tertiary/aromatic N) is 3. The van der Waals surface area contributed by atoms with Gasteiger partial charge >= 0.3 is 0 Å². The van der Waals surface area contributed by atoms with Crippen LogP contribution in [0, 0.1) is 11.3 Å². The summed E-state index contributed by atoms with van der Waals surface area (Å²) < 4.78 is 6.96. The van der Waals surface area contributed by atoms with Crippen LogP contribution in [0.25, 0.3) is 5.69 Å². The number of halogens is 1. The van der Waals surface area contributed by atoms with Crippen LogP contribution in [0.5, 0.6) is 0 Å². The van der Waals surface area contributed by atoms with Crippen LogP contribution < -0.4 is 5.56 Å². The molecule has 3 rings (SSSR count). The quantitative estimate of drug-likeness (QED) is 0.811. The Morgan fingerprint density at radius 2 is 2.05 bits per heavy atom. The highest BCUT2D eigenvalue weighted by atomic mass is 35.5. The molecule has 0 N–H and O–H groups in total. The Morgan fingerprint density at radius 1 is 1.36 bits per heavy atom. The molecule has 2 aromatic rings. The Kier molecular flexibility index (Phi) is 3.51. The first-order valence-electron chi connectivity index (χ1n) is 6.86. The van der Waals surface area contributed by atoms with E-state index < -0.39 is 11.2 Å². The van der Waals surface area contributed by atoms with Crippen LogP contribution in [0.2, 0.25) is 5.02 Å². The first kappa shape index (κ1) is 14.8. The van der Waals surface area contributed by atoms with Gasteiger partial charge in [-0.1, -0.05) is 11.6 Å². The third-order valence-electron chi connectivity index (χ3n) is 3.66. The Hall–Kier alpha value is -2.16. The third kappa shape index (κ3) is 2.52. The summed E-state index contributed by atoms with van der Waals surface area (Å²) >= 11 is 5.86. The number of nitriles is 1. The predicted octanol–water partition coefficient (Wildman–Crippen LogP) is 2.61. The molecule has 112 valence electrons. The van der Waals surface area contributed by atoms with Gasteiger partial charge < -0.3 is 4.74 Å². The summed E-state index contributed by atoms with van der Waals surface area (Å²) in [6.07, 6.45) is 0.495. The van der Waals surface area contributed by atoms with Gasteiger partial charge in [0.2, 0.25) is 0 Å². The average molecular weight is 316 g/mol. The highest BCUT2D eigenvalue weighted by Gasteiger charge is 2.31. The van der Waals surface area contributed by atoms with Crippen LogP contribution >= 0.6 is 11.6 Å². The summed E-state index contributed by atoms with van der Waals surface area (Å²) in [6, 6.07) is 8.77. The van der Waals surface area contributed by atoms with Crippen LogP contribution in [0.3, 0.4) is 0 Å². The van der Waals surface area contributed by atoms with Crippen molar-refractivity contribution in [1.29, 1.82) is 5.26 Å². The molecule has 0 saturated carbocycles. The van der Waals surface area contributed by atoms with Crippen molar-refractivity contribution < 1.29 is 4.74 Å². The molecule has 6 heteroatoms. The minimum absolute atomic E-state index is 0.135. The van der Waals surface area contributed by atoms with Crippen molar-refractivity contribution in [2.45, 2.75) is 32.5 Å². The number of fused-ring (bicyclic) bond motifs is 1. The fraction of sp³-hybridized carbons (Fsp3) is 0.312. The van der Waals surface area contributed by atoms with Crippen molar-refractivity contribution in [2.75, 3.05) is 0 Å². The molecule has 0 aliphatic carbocycles. The second-order valence-electron chi connectivity index (χ2n) is 5.83. The average Bonchev–Trinajstić information content (AvgIpc) is 2.47. The van der Waals surface area contributed by atoms with E-state index in [4.69, 9.17) is 16.3 Å². The SMILES string of the molecule is CC1(C)Cc2c(nn(-c3ccc(Cl)cc3)c(=O)c2C#N)CO1. The van der Waals surface area contributed by atoms with E-state index in [9.17, 15) is 10.1 Å². The van der Waals surface area contributed by atoms with E-state index >= 15 is 0 Å². The van der Waals surface area contributed by atoms with Crippen LogP contribution in [0.15, 0.2) is 29.1 Å². The molecule has 0 unspecified atom stereocenters. The normalized spacial score (nSPS) is 15.9. The van der Waals surface area contributed by atoms with Gasteiger partial charge in [0.05, 0.1) is 23.6 Å². The maximum absolute atomic E-state index is 12.6. The lowest BCUT2D eigenvalue weighted by molar-refractivity contribution is -0.0428. The summed E-state index contributed by atoms with van der Waals surface area (Å²) in [7, 11) is 0. The van der Waals surface area contributed by atoms with Crippen LogP contribution in [-0.4, -0.2) is 15.4 Å². The molecule has 1 aromatic carbocycles. The molecule has 0 atom stereocenters. The van der Waals surface area contributed by atoms with Gasteiger partial charge in [-0.15, -0.1) is 0 Å². The van der Waals surface area contributed by atoms with E-state index in [0.29, 0.717) is 28.4 Å². The molecule has 22 heavy (non-hydrogen) atoms. The molecule has 0 bridgehead atoms. The molecule has 0 saturated heterocycles. The Morgan fingerprint density at radius 3 is 2.68 bits per heavy atom. The first-order chi connectivity index (χ1) is 10.4. The molecule has 0 amide bonds. The molecule has 0 radical (unpaired) electrons. The first-order valence-corrected chi connectivity index (χ1v) is 7.24. The maximum atomic E-state index is 12.6. The molecule has 2 heterocycles. The van der Waals surface area contributed by atoms with E-state index in [1.165, 1.54) is 4.68 Å². The van der Waals surface area contributed by atoms with Crippen LogP contribution in [-0.2, 0) is 17.8 Å². The third-order valence-corrected chi connectivity index (χ3v) is 3.91. The van der Waals surface area contributed by atoms with Crippen LogP contribution in [0.4, 0.5) is 0 Å². The lowest BCUT2D eigenvalue weighted by Crippen LogP contribution is -2.37. The zero-order chi connectivity index (χ0) is 15.9. The topological polar surface area (TPSA) is 67.9 Å². The summed E-state index contributed by atoms with van der Waals surface area (Å²) in [6.45, 7) is 4.15. The zero-order valence-corrected chi connectivity index (χ0v) is 13.0. The molecular weight excluding hydrogens is 302 g/mol. The highest BCUT2D eigenvalue weighted by molar-refractivity contribution is 6.30. The number of benzene rings is 1. The van der Waals surface area contributed by atoms with Gasteiger partial charge in [-0.25, -0.2) is 0 Å². The van der Waals surface area contributed by atoms with E-state index in [1.807, 2.05) is 19.9 Å². The van der Waals surface area contributed by atoms with Crippen molar-refractivity contribution >= 4 is 11.6 Å². The maximum Gasteiger partial charge on any atom is 0.289 e. The Labute approximate surface area is 132 Å². The van der Waals surface area contributed by atoms with Gasteiger partial charge in [-0.05, 0) is 38.1 Å².